The number of benzene rings is 2. The molecule has 6 heteroatoms. The van der Waals surface area contributed by atoms with Crippen molar-refractivity contribution in [2.24, 2.45) is 0 Å². The van der Waals surface area contributed by atoms with Crippen molar-refractivity contribution in [2.45, 2.75) is 51.2 Å². The van der Waals surface area contributed by atoms with E-state index in [2.05, 4.69) is 4.74 Å². The largest absolute Gasteiger partial charge is 0.490 e. The van der Waals surface area contributed by atoms with Crippen LogP contribution in [0.1, 0.15) is 39.0 Å². The van der Waals surface area contributed by atoms with Crippen LogP contribution in [0.25, 0.3) is 11.1 Å². The zero-order valence-corrected chi connectivity index (χ0v) is 16.0. The van der Waals surface area contributed by atoms with Crippen molar-refractivity contribution >= 4 is 5.97 Å². The highest BCUT2D eigenvalue weighted by atomic mass is 19.1. The van der Waals surface area contributed by atoms with E-state index in [1.807, 2.05) is 6.07 Å². The topological polar surface area (TPSA) is 44.8 Å². The minimum absolute atomic E-state index is 0.118. The maximum absolute atomic E-state index is 14.5. The number of carbonyl (C=O) groups excluding carboxylic acids is 1. The summed E-state index contributed by atoms with van der Waals surface area (Å²) in [5, 5.41) is 0. The minimum Gasteiger partial charge on any atom is -0.490 e. The van der Waals surface area contributed by atoms with E-state index < -0.39 is 29.5 Å². The number of rotatable bonds is 8. The minimum atomic E-state index is -0.787. The van der Waals surface area contributed by atoms with Crippen LogP contribution >= 0.6 is 0 Å². The molecule has 0 spiro atoms. The number of esters is 1. The van der Waals surface area contributed by atoms with Crippen LogP contribution in [0.3, 0.4) is 0 Å². The summed E-state index contributed by atoms with van der Waals surface area (Å²) in [5.74, 6) is -1.71. The first kappa shape index (κ1) is 20.1. The molecule has 150 valence electrons. The van der Waals surface area contributed by atoms with Gasteiger partial charge in [0.05, 0.1) is 19.3 Å². The lowest BCUT2D eigenvalue weighted by Crippen LogP contribution is -2.24. The maximum Gasteiger partial charge on any atom is 0.305 e. The first-order chi connectivity index (χ1) is 13.5. The third-order valence-corrected chi connectivity index (χ3v) is 4.82. The number of carbonyl (C=O) groups is 1. The van der Waals surface area contributed by atoms with Gasteiger partial charge in [-0.15, -0.1) is 0 Å². The van der Waals surface area contributed by atoms with Crippen LogP contribution < -0.4 is 9.47 Å². The zero-order valence-electron chi connectivity index (χ0n) is 16.0. The molecule has 1 aliphatic rings. The Labute approximate surface area is 163 Å². The molecule has 4 nitrogen and oxygen atoms in total. The van der Waals surface area contributed by atoms with Gasteiger partial charge in [0, 0.05) is 6.42 Å². The predicted molar refractivity (Wildman–Crippen MR) is 101 cm³/mol. The van der Waals surface area contributed by atoms with Crippen LogP contribution in [-0.4, -0.2) is 25.3 Å². The molecule has 28 heavy (non-hydrogen) atoms. The van der Waals surface area contributed by atoms with E-state index in [9.17, 15) is 13.6 Å². The number of methoxy groups -OCH3 is 1. The summed E-state index contributed by atoms with van der Waals surface area (Å²) >= 11 is 0. The molecule has 1 aliphatic carbocycles. The lowest BCUT2D eigenvalue weighted by Gasteiger charge is -2.26. The fourth-order valence-electron chi connectivity index (χ4n) is 2.95. The highest BCUT2D eigenvalue weighted by Crippen LogP contribution is 2.32. The molecule has 0 saturated heterocycles. The second-order valence-electron chi connectivity index (χ2n) is 7.01. The van der Waals surface area contributed by atoms with E-state index in [4.69, 9.17) is 9.47 Å². The molecule has 1 fully saturated rings. The number of ether oxygens (including phenoxy) is 3. The molecule has 0 amide bonds. The molecule has 0 aromatic heterocycles. The van der Waals surface area contributed by atoms with Crippen molar-refractivity contribution in [2.75, 3.05) is 7.11 Å². The van der Waals surface area contributed by atoms with Gasteiger partial charge in [0.1, 0.15) is 5.75 Å². The van der Waals surface area contributed by atoms with Crippen molar-refractivity contribution in [1.82, 2.24) is 0 Å². The van der Waals surface area contributed by atoms with Gasteiger partial charge in [0.25, 0.3) is 0 Å². The van der Waals surface area contributed by atoms with Gasteiger partial charge in [0.2, 0.25) is 0 Å². The van der Waals surface area contributed by atoms with Crippen LogP contribution in [0.4, 0.5) is 8.78 Å². The predicted octanol–water partition coefficient (Wildman–Crippen LogP) is 5.28. The Hall–Kier alpha value is -2.63. The van der Waals surface area contributed by atoms with E-state index >= 15 is 0 Å². The summed E-state index contributed by atoms with van der Waals surface area (Å²) in [6, 6.07) is 9.70. The van der Waals surface area contributed by atoms with E-state index in [0.29, 0.717) is 23.3 Å². The molecular formula is C22H24F2O4. The number of halogens is 2. The van der Waals surface area contributed by atoms with Crippen LogP contribution in [0.5, 0.6) is 11.5 Å². The van der Waals surface area contributed by atoms with E-state index in [1.165, 1.54) is 25.7 Å². The quantitative estimate of drug-likeness (QED) is 0.575. The molecular weight excluding hydrogens is 366 g/mol. The SMILES string of the molecule is COC(=O)CC[C@@H](C)Oc1c(F)cc(-c2cccc(OC3CCC3)c2)cc1F. The number of hydrogen-bond acceptors (Lipinski definition) is 4. The maximum atomic E-state index is 14.5. The molecule has 3 rings (SSSR count). The highest BCUT2D eigenvalue weighted by Gasteiger charge is 2.20. The third kappa shape index (κ3) is 5.00. The fourth-order valence-corrected chi connectivity index (χ4v) is 2.95. The molecule has 1 atom stereocenters. The van der Waals surface area contributed by atoms with Crippen molar-refractivity contribution in [3.05, 3.63) is 48.0 Å². The van der Waals surface area contributed by atoms with Crippen LogP contribution in [0, 0.1) is 11.6 Å². The Kier molecular flexibility index (Phi) is 6.49. The van der Waals surface area contributed by atoms with Crippen LogP contribution in [0.15, 0.2) is 36.4 Å². The molecule has 0 N–H and O–H groups in total. The van der Waals surface area contributed by atoms with Crippen LogP contribution in [-0.2, 0) is 9.53 Å². The van der Waals surface area contributed by atoms with Crippen molar-refractivity contribution in [1.29, 1.82) is 0 Å². The first-order valence-corrected chi connectivity index (χ1v) is 9.46. The Bertz CT molecular complexity index is 810. The standard InChI is InChI=1S/C22H24F2O4/c1-14(9-10-21(25)26-2)27-22-19(23)12-16(13-20(22)24)15-5-3-8-18(11-15)28-17-6-4-7-17/h3,5,8,11-14,17H,4,6-7,9-10H2,1-2H3/t14-/m1/s1. The first-order valence-electron chi connectivity index (χ1n) is 9.46. The molecule has 2 aromatic rings. The highest BCUT2D eigenvalue weighted by molar-refractivity contribution is 5.69. The Balaban J connectivity index is 1.72. The Morgan fingerprint density at radius 1 is 1.14 bits per heavy atom. The van der Waals surface area contributed by atoms with Crippen molar-refractivity contribution in [3.63, 3.8) is 0 Å². The Morgan fingerprint density at radius 2 is 1.86 bits per heavy atom. The summed E-state index contributed by atoms with van der Waals surface area (Å²) in [4.78, 5) is 11.2. The number of hydrogen-bond donors (Lipinski definition) is 0. The van der Waals surface area contributed by atoms with Gasteiger partial charge in [0.15, 0.2) is 17.4 Å². The molecule has 0 aliphatic heterocycles. The van der Waals surface area contributed by atoms with Gasteiger partial charge in [-0.2, -0.15) is 0 Å². The summed E-state index contributed by atoms with van der Waals surface area (Å²) in [7, 11) is 1.29. The summed E-state index contributed by atoms with van der Waals surface area (Å²) in [6.45, 7) is 1.65. The van der Waals surface area contributed by atoms with E-state index in [-0.39, 0.29) is 12.5 Å². The average Bonchev–Trinajstić information content (AvgIpc) is 2.65. The van der Waals surface area contributed by atoms with E-state index in [0.717, 1.165) is 12.8 Å². The third-order valence-electron chi connectivity index (χ3n) is 4.82. The zero-order chi connectivity index (χ0) is 20.1. The summed E-state index contributed by atoms with van der Waals surface area (Å²) in [6.07, 6.45) is 3.35. The Morgan fingerprint density at radius 3 is 2.46 bits per heavy atom. The van der Waals surface area contributed by atoms with Gasteiger partial charge >= 0.3 is 5.97 Å². The summed E-state index contributed by atoms with van der Waals surface area (Å²) in [5.41, 5.74) is 1.07. The fraction of sp³-hybridized carbons (Fsp3) is 0.409. The second kappa shape index (κ2) is 9.04. The van der Waals surface area contributed by atoms with Gasteiger partial charge in [-0.25, -0.2) is 8.78 Å². The van der Waals surface area contributed by atoms with Gasteiger partial charge in [-0.3, -0.25) is 4.79 Å². The molecule has 0 radical (unpaired) electrons. The molecule has 0 unspecified atom stereocenters. The smallest absolute Gasteiger partial charge is 0.305 e. The van der Waals surface area contributed by atoms with Crippen molar-refractivity contribution in [3.8, 4) is 22.6 Å². The lowest BCUT2D eigenvalue weighted by molar-refractivity contribution is -0.141. The molecule has 0 heterocycles. The van der Waals surface area contributed by atoms with Gasteiger partial charge < -0.3 is 14.2 Å². The average molecular weight is 390 g/mol. The molecule has 2 aromatic carbocycles. The summed E-state index contributed by atoms with van der Waals surface area (Å²) < 4.78 is 44.8. The van der Waals surface area contributed by atoms with Crippen molar-refractivity contribution < 1.29 is 27.8 Å². The normalized spacial score (nSPS) is 14.9. The molecule has 0 bridgehead atoms. The second-order valence-corrected chi connectivity index (χ2v) is 7.01. The van der Waals surface area contributed by atoms with Gasteiger partial charge in [-0.05, 0) is 68.0 Å². The van der Waals surface area contributed by atoms with Gasteiger partial charge in [-0.1, -0.05) is 12.1 Å². The van der Waals surface area contributed by atoms with Crippen LogP contribution in [0.2, 0.25) is 0 Å². The lowest BCUT2D eigenvalue weighted by atomic mass is 9.96. The van der Waals surface area contributed by atoms with E-state index in [1.54, 1.807) is 25.1 Å². The monoisotopic (exact) mass is 390 g/mol. The molecule has 1 saturated carbocycles.